The third kappa shape index (κ3) is 5.61. The number of carbonyl (C=O) groups excluding carboxylic acids is 2. The summed E-state index contributed by atoms with van der Waals surface area (Å²) < 4.78 is 23.9. The van der Waals surface area contributed by atoms with Gasteiger partial charge >= 0.3 is 11.9 Å². The lowest BCUT2D eigenvalue weighted by atomic mass is 9.95. The van der Waals surface area contributed by atoms with Gasteiger partial charge in [-0.25, -0.2) is 9.79 Å². The molecule has 0 bridgehead atoms. The molecule has 1 atom stereocenters. The van der Waals surface area contributed by atoms with Gasteiger partial charge in [0.2, 0.25) is 0 Å². The van der Waals surface area contributed by atoms with Crippen molar-refractivity contribution in [3.8, 4) is 22.8 Å². The van der Waals surface area contributed by atoms with E-state index in [1.165, 1.54) is 29.9 Å². The number of thiazole rings is 1. The monoisotopic (exact) mass is 592 g/mol. The zero-order valence-corrected chi connectivity index (χ0v) is 24.2. The molecule has 210 valence electrons. The highest BCUT2D eigenvalue weighted by molar-refractivity contribution is 7.07. The second-order valence-electron chi connectivity index (χ2n) is 9.02. The first-order chi connectivity index (χ1) is 19.7. The van der Waals surface area contributed by atoms with Crippen LogP contribution in [0.1, 0.15) is 38.1 Å². The highest BCUT2D eigenvalue weighted by Crippen LogP contribution is 2.36. The highest BCUT2D eigenvalue weighted by atomic mass is 35.5. The van der Waals surface area contributed by atoms with Crippen molar-refractivity contribution >= 4 is 41.0 Å². The Morgan fingerprint density at radius 2 is 1.88 bits per heavy atom. The van der Waals surface area contributed by atoms with Crippen molar-refractivity contribution in [1.82, 2.24) is 4.57 Å². The number of furan rings is 1. The number of carbonyl (C=O) groups is 2. The molecule has 11 heteroatoms. The van der Waals surface area contributed by atoms with Crippen LogP contribution < -0.4 is 24.4 Å². The summed E-state index contributed by atoms with van der Waals surface area (Å²) in [7, 11) is 1.44. The SMILES string of the molecule is CCOC(=O)C1=C(C)N=c2s/c(=C/c3ccc(-c4ccc(Cl)cc4)o3)c(=O)n2[C@H]1c1ccc(OC(C)=O)c(OC)c1. The zero-order valence-electron chi connectivity index (χ0n) is 22.6. The van der Waals surface area contributed by atoms with Crippen LogP contribution in [-0.4, -0.2) is 30.2 Å². The standard InChI is InChI=1S/C30H25ClN2O7S/c1-5-38-29(36)26-16(2)32-30-33(27(26)19-8-12-23(39-17(3)34)24(14-19)37-4)28(35)25(41-30)15-21-11-13-22(40-21)18-6-9-20(31)10-7-18/h6-15,27H,5H2,1-4H3/b25-15+/t27-/m0/s1. The van der Waals surface area contributed by atoms with Gasteiger partial charge in [0.15, 0.2) is 16.3 Å². The Hall–Kier alpha value is -4.41. The first kappa shape index (κ1) is 28.1. The van der Waals surface area contributed by atoms with Gasteiger partial charge in [-0.15, -0.1) is 0 Å². The van der Waals surface area contributed by atoms with E-state index >= 15 is 0 Å². The third-order valence-electron chi connectivity index (χ3n) is 6.30. The molecule has 0 unspecified atom stereocenters. The smallest absolute Gasteiger partial charge is 0.338 e. The molecule has 0 amide bonds. The molecule has 0 saturated carbocycles. The predicted molar refractivity (Wildman–Crippen MR) is 154 cm³/mol. The summed E-state index contributed by atoms with van der Waals surface area (Å²) in [6, 6.07) is 14.8. The van der Waals surface area contributed by atoms with Crippen LogP contribution >= 0.6 is 22.9 Å². The second-order valence-corrected chi connectivity index (χ2v) is 10.5. The van der Waals surface area contributed by atoms with Crippen molar-refractivity contribution in [2.75, 3.05) is 13.7 Å². The Bertz CT molecular complexity index is 1870. The number of halogens is 1. The quantitative estimate of drug-likeness (QED) is 0.227. The topological polar surface area (TPSA) is 109 Å². The summed E-state index contributed by atoms with van der Waals surface area (Å²) in [6.45, 7) is 4.84. The maximum Gasteiger partial charge on any atom is 0.338 e. The van der Waals surface area contributed by atoms with Gasteiger partial charge in [-0.05, 0) is 67.9 Å². The Morgan fingerprint density at radius 1 is 1.12 bits per heavy atom. The Morgan fingerprint density at radius 3 is 2.56 bits per heavy atom. The van der Waals surface area contributed by atoms with E-state index in [4.69, 9.17) is 30.2 Å². The summed E-state index contributed by atoms with van der Waals surface area (Å²) in [4.78, 5) is 43.6. The first-order valence-electron chi connectivity index (χ1n) is 12.6. The van der Waals surface area contributed by atoms with Crippen molar-refractivity contribution in [2.45, 2.75) is 26.8 Å². The molecule has 3 heterocycles. The maximum atomic E-state index is 13.9. The normalized spacial score (nSPS) is 14.9. The average molecular weight is 593 g/mol. The lowest BCUT2D eigenvalue weighted by Gasteiger charge is -2.25. The largest absolute Gasteiger partial charge is 0.493 e. The van der Waals surface area contributed by atoms with Gasteiger partial charge in [-0.2, -0.15) is 0 Å². The number of benzene rings is 2. The van der Waals surface area contributed by atoms with Gasteiger partial charge in [-0.1, -0.05) is 29.0 Å². The summed E-state index contributed by atoms with van der Waals surface area (Å²) in [5, 5.41) is 0.618. The zero-order chi connectivity index (χ0) is 29.3. The minimum absolute atomic E-state index is 0.149. The van der Waals surface area contributed by atoms with Crippen LogP contribution in [0.25, 0.3) is 17.4 Å². The fourth-order valence-electron chi connectivity index (χ4n) is 4.53. The first-order valence-corrected chi connectivity index (χ1v) is 13.8. The van der Waals surface area contributed by atoms with Crippen LogP contribution in [0.3, 0.4) is 0 Å². The van der Waals surface area contributed by atoms with E-state index in [2.05, 4.69) is 4.99 Å². The lowest BCUT2D eigenvalue weighted by molar-refractivity contribution is -0.139. The molecule has 2 aromatic heterocycles. The summed E-state index contributed by atoms with van der Waals surface area (Å²) >= 11 is 7.17. The van der Waals surface area contributed by atoms with Crippen molar-refractivity contribution in [3.63, 3.8) is 0 Å². The van der Waals surface area contributed by atoms with Crippen LogP contribution in [0.15, 0.2) is 80.1 Å². The van der Waals surface area contributed by atoms with Gasteiger partial charge in [-0.3, -0.25) is 14.2 Å². The molecule has 9 nitrogen and oxygen atoms in total. The highest BCUT2D eigenvalue weighted by Gasteiger charge is 2.34. The number of fused-ring (bicyclic) bond motifs is 1. The van der Waals surface area contributed by atoms with E-state index < -0.39 is 18.0 Å². The molecule has 0 aliphatic carbocycles. The van der Waals surface area contributed by atoms with E-state index in [0.717, 1.165) is 5.56 Å². The molecule has 0 spiro atoms. The van der Waals surface area contributed by atoms with Crippen LogP contribution in [0, 0.1) is 0 Å². The number of methoxy groups -OCH3 is 1. The van der Waals surface area contributed by atoms with Crippen molar-refractivity contribution in [3.05, 3.63) is 102 Å². The van der Waals surface area contributed by atoms with Crippen LogP contribution in [0.4, 0.5) is 0 Å². The molecule has 0 radical (unpaired) electrons. The van der Waals surface area contributed by atoms with Crippen molar-refractivity contribution < 1.29 is 28.2 Å². The number of nitrogens with zero attached hydrogens (tertiary/aromatic N) is 2. The maximum absolute atomic E-state index is 13.9. The molecule has 0 saturated heterocycles. The molecule has 41 heavy (non-hydrogen) atoms. The molecular formula is C30H25ClN2O7S. The average Bonchev–Trinajstić information content (AvgIpc) is 3.52. The number of allylic oxidation sites excluding steroid dienone is 1. The summed E-state index contributed by atoms with van der Waals surface area (Å²) in [6.07, 6.45) is 1.65. The van der Waals surface area contributed by atoms with Crippen molar-refractivity contribution in [1.29, 1.82) is 0 Å². The second kappa shape index (κ2) is 11.6. The van der Waals surface area contributed by atoms with Gasteiger partial charge in [0.25, 0.3) is 5.56 Å². The molecule has 1 aliphatic rings. The fraction of sp³-hybridized carbons (Fsp3) is 0.200. The van der Waals surface area contributed by atoms with Crippen molar-refractivity contribution in [2.24, 2.45) is 4.99 Å². The summed E-state index contributed by atoms with van der Waals surface area (Å²) in [5.41, 5.74) is 1.67. The van der Waals surface area contributed by atoms with Gasteiger partial charge < -0.3 is 18.6 Å². The summed E-state index contributed by atoms with van der Waals surface area (Å²) in [5.74, 6) is 0.482. The molecular weight excluding hydrogens is 568 g/mol. The molecule has 4 aromatic rings. The number of rotatable bonds is 7. The Labute approximate surface area is 243 Å². The van der Waals surface area contributed by atoms with Gasteiger partial charge in [0.05, 0.1) is 35.6 Å². The van der Waals surface area contributed by atoms with Crippen LogP contribution in [0.2, 0.25) is 5.02 Å². The number of hydrogen-bond acceptors (Lipinski definition) is 9. The van der Waals surface area contributed by atoms with E-state index in [9.17, 15) is 14.4 Å². The third-order valence-corrected chi connectivity index (χ3v) is 7.54. The molecule has 1 aliphatic heterocycles. The minimum Gasteiger partial charge on any atom is -0.493 e. The van der Waals surface area contributed by atoms with Crippen LogP contribution in [0.5, 0.6) is 11.5 Å². The Kier molecular flexibility index (Phi) is 7.96. The van der Waals surface area contributed by atoms with E-state index in [1.54, 1.807) is 56.3 Å². The van der Waals surface area contributed by atoms with Crippen LogP contribution in [-0.2, 0) is 14.3 Å². The molecule has 0 N–H and O–H groups in total. The molecule has 2 aromatic carbocycles. The van der Waals surface area contributed by atoms with E-state index in [1.807, 2.05) is 18.2 Å². The van der Waals surface area contributed by atoms with Gasteiger partial charge in [0, 0.05) is 23.6 Å². The van der Waals surface area contributed by atoms with E-state index in [-0.39, 0.29) is 29.2 Å². The fourth-order valence-corrected chi connectivity index (χ4v) is 5.68. The predicted octanol–water partition coefficient (Wildman–Crippen LogP) is 4.65. The number of esters is 2. The molecule has 5 rings (SSSR count). The number of aromatic nitrogens is 1. The minimum atomic E-state index is -0.867. The number of ether oxygens (including phenoxy) is 3. The van der Waals surface area contributed by atoms with E-state index in [0.29, 0.717) is 37.1 Å². The lowest BCUT2D eigenvalue weighted by Crippen LogP contribution is -2.39. The Balaban J connectivity index is 1.64. The molecule has 0 fully saturated rings. The number of hydrogen-bond donors (Lipinski definition) is 0. The van der Waals surface area contributed by atoms with Gasteiger partial charge in [0.1, 0.15) is 11.5 Å².